The first-order chi connectivity index (χ1) is 11.2. The largest absolute Gasteiger partial charge is 0.543 e. The van der Waals surface area contributed by atoms with E-state index in [0.29, 0.717) is 22.2 Å². The number of aliphatic hydroxyl groups excluding tert-OH is 1. The predicted molar refractivity (Wildman–Crippen MR) is 99.7 cm³/mol. The van der Waals surface area contributed by atoms with Crippen molar-refractivity contribution in [1.82, 2.24) is 0 Å². The van der Waals surface area contributed by atoms with Crippen LogP contribution in [0.25, 0.3) is 0 Å². The molecule has 1 aromatic carbocycles. The molecule has 1 aromatic rings. The monoisotopic (exact) mass is 352 g/mol. The van der Waals surface area contributed by atoms with E-state index in [-0.39, 0.29) is 6.61 Å². The van der Waals surface area contributed by atoms with Crippen molar-refractivity contribution in [2.24, 2.45) is 0 Å². The number of benzene rings is 1. The smallest absolute Gasteiger partial charge is 0.339 e. The predicted octanol–water partition coefficient (Wildman–Crippen LogP) is 4.84. The molecule has 0 fully saturated rings. The fourth-order valence-electron chi connectivity index (χ4n) is 3.63. The van der Waals surface area contributed by atoms with Crippen molar-refractivity contribution in [2.75, 3.05) is 6.61 Å². The van der Waals surface area contributed by atoms with Gasteiger partial charge < -0.3 is 14.3 Å². The first-order valence-corrected chi connectivity index (χ1v) is 10.9. The third-order valence-corrected chi connectivity index (χ3v) is 10.7. The molecule has 0 aliphatic heterocycles. The molecule has 0 spiro atoms. The van der Waals surface area contributed by atoms with Crippen molar-refractivity contribution in [2.45, 2.75) is 71.2 Å². The van der Waals surface area contributed by atoms with Crippen molar-refractivity contribution < 1.29 is 19.1 Å². The Bertz CT molecular complexity index is 501. The Labute approximate surface area is 147 Å². The van der Waals surface area contributed by atoms with E-state index in [4.69, 9.17) is 9.16 Å². The molecule has 0 saturated heterocycles. The maximum atomic E-state index is 11.6. The topological polar surface area (TPSA) is 55.8 Å². The van der Waals surface area contributed by atoms with Crippen LogP contribution >= 0.6 is 0 Å². The summed E-state index contributed by atoms with van der Waals surface area (Å²) in [7, 11) is -2.00. The molecule has 0 aromatic heterocycles. The fourth-order valence-corrected chi connectivity index (χ4v) is 8.88. The summed E-state index contributed by atoms with van der Waals surface area (Å²) < 4.78 is 11.4. The maximum Gasteiger partial charge on any atom is 0.339 e. The van der Waals surface area contributed by atoms with Crippen molar-refractivity contribution in [1.29, 1.82) is 0 Å². The number of hydrogen-bond acceptors (Lipinski definition) is 4. The van der Waals surface area contributed by atoms with E-state index in [9.17, 15) is 9.90 Å². The molecule has 1 rings (SSSR count). The number of hydrogen-bond donors (Lipinski definition) is 1. The molecule has 0 unspecified atom stereocenters. The Kier molecular flexibility index (Phi) is 7.48. The Morgan fingerprint density at radius 2 is 1.46 bits per heavy atom. The van der Waals surface area contributed by atoms with Crippen LogP contribution in [-0.4, -0.2) is 26.0 Å². The van der Waals surface area contributed by atoms with E-state index in [1.54, 1.807) is 19.1 Å². The third kappa shape index (κ3) is 4.39. The lowest BCUT2D eigenvalue weighted by molar-refractivity contribution is -0.153. The van der Waals surface area contributed by atoms with Crippen molar-refractivity contribution in [3.05, 3.63) is 29.8 Å². The SMILES string of the molecule is CCOC(=O)[C@H](O)c1ccc(O[Si](C(C)C)(C(C)C)C(C)C)cc1. The number of carbonyl (C=O) groups is 1. The lowest BCUT2D eigenvalue weighted by Crippen LogP contribution is -2.50. The zero-order valence-electron chi connectivity index (χ0n) is 16.0. The summed E-state index contributed by atoms with van der Waals surface area (Å²) in [6.45, 7) is 15.4. The minimum atomic E-state index is -2.00. The zero-order valence-corrected chi connectivity index (χ0v) is 17.0. The molecular weight excluding hydrogens is 320 g/mol. The summed E-state index contributed by atoms with van der Waals surface area (Å²) in [5.41, 5.74) is 1.98. The molecular formula is C19H32O4Si. The third-order valence-electron chi connectivity index (χ3n) is 4.71. The Balaban J connectivity index is 3.02. The fraction of sp³-hybridized carbons (Fsp3) is 0.632. The van der Waals surface area contributed by atoms with Crippen LogP contribution in [0.2, 0.25) is 16.6 Å². The average Bonchev–Trinajstić information content (AvgIpc) is 2.51. The molecule has 5 heteroatoms. The van der Waals surface area contributed by atoms with Crippen LogP contribution in [-0.2, 0) is 9.53 Å². The second kappa shape index (κ2) is 8.67. The van der Waals surface area contributed by atoms with Gasteiger partial charge in [-0.25, -0.2) is 4.79 Å². The molecule has 24 heavy (non-hydrogen) atoms. The van der Waals surface area contributed by atoms with Crippen molar-refractivity contribution >= 4 is 14.3 Å². The standard InChI is InChI=1S/C19H32O4Si/c1-8-22-19(21)18(20)16-9-11-17(12-10-16)23-24(13(2)3,14(4)5)15(6)7/h9-15,18,20H,8H2,1-7H3/t18-/m1/s1. The number of ether oxygens (including phenoxy) is 1. The summed E-state index contributed by atoms with van der Waals surface area (Å²) in [5.74, 6) is 0.180. The number of aliphatic hydroxyl groups is 1. The van der Waals surface area contributed by atoms with Crippen molar-refractivity contribution in [3.63, 3.8) is 0 Å². The quantitative estimate of drug-likeness (QED) is 0.537. The van der Waals surface area contributed by atoms with E-state index in [1.165, 1.54) is 0 Å². The first kappa shape index (κ1) is 20.7. The zero-order chi connectivity index (χ0) is 18.5. The molecule has 0 radical (unpaired) electrons. The normalized spacial score (nSPS) is 13.5. The van der Waals surface area contributed by atoms with E-state index in [2.05, 4.69) is 41.5 Å². The van der Waals surface area contributed by atoms with Gasteiger partial charge in [0.05, 0.1) is 6.61 Å². The highest BCUT2D eigenvalue weighted by Crippen LogP contribution is 2.42. The minimum absolute atomic E-state index is 0.252. The summed E-state index contributed by atoms with van der Waals surface area (Å²) in [6.07, 6.45) is -1.25. The Morgan fingerprint density at radius 1 is 1.00 bits per heavy atom. The molecule has 0 heterocycles. The van der Waals surface area contributed by atoms with Crippen LogP contribution in [0, 0.1) is 0 Å². The minimum Gasteiger partial charge on any atom is -0.543 e. The van der Waals surface area contributed by atoms with Crippen molar-refractivity contribution in [3.8, 4) is 5.75 Å². The maximum absolute atomic E-state index is 11.6. The second-order valence-corrected chi connectivity index (χ2v) is 12.5. The average molecular weight is 353 g/mol. The molecule has 0 saturated carbocycles. The van der Waals surface area contributed by atoms with Gasteiger partial charge in [-0.15, -0.1) is 0 Å². The van der Waals surface area contributed by atoms with Crippen LogP contribution in [0.1, 0.15) is 60.1 Å². The van der Waals surface area contributed by atoms with E-state index in [1.807, 2.05) is 12.1 Å². The molecule has 0 bridgehead atoms. The molecule has 0 aliphatic rings. The Morgan fingerprint density at radius 3 is 1.83 bits per heavy atom. The molecule has 1 atom stereocenters. The van der Waals surface area contributed by atoms with Crippen LogP contribution in [0.15, 0.2) is 24.3 Å². The van der Waals surface area contributed by atoms with Gasteiger partial charge in [-0.3, -0.25) is 0 Å². The van der Waals surface area contributed by atoms with Crippen LogP contribution in [0.4, 0.5) is 0 Å². The van der Waals surface area contributed by atoms with E-state index in [0.717, 1.165) is 5.75 Å². The lowest BCUT2D eigenvalue weighted by atomic mass is 10.1. The summed E-state index contributed by atoms with van der Waals surface area (Å²) >= 11 is 0. The summed E-state index contributed by atoms with van der Waals surface area (Å²) in [5, 5.41) is 10.0. The second-order valence-electron chi connectivity index (χ2n) is 7.14. The highest BCUT2D eigenvalue weighted by atomic mass is 28.4. The number of esters is 1. The van der Waals surface area contributed by atoms with Gasteiger partial charge in [0.1, 0.15) is 5.75 Å². The van der Waals surface area contributed by atoms with Gasteiger partial charge >= 0.3 is 5.97 Å². The molecule has 136 valence electrons. The van der Waals surface area contributed by atoms with Crippen LogP contribution < -0.4 is 4.43 Å². The van der Waals surface area contributed by atoms with Gasteiger partial charge in [0.15, 0.2) is 6.10 Å². The summed E-state index contributed by atoms with van der Waals surface area (Å²) in [6, 6.07) is 7.15. The Hall–Kier alpha value is -1.33. The highest BCUT2D eigenvalue weighted by Gasteiger charge is 2.46. The van der Waals surface area contributed by atoms with Gasteiger partial charge in [0.2, 0.25) is 0 Å². The molecule has 0 amide bonds. The van der Waals surface area contributed by atoms with E-state index < -0.39 is 20.4 Å². The number of rotatable bonds is 8. The van der Waals surface area contributed by atoms with Gasteiger partial charge in [0, 0.05) is 0 Å². The van der Waals surface area contributed by atoms with Gasteiger partial charge in [0.25, 0.3) is 8.32 Å². The highest BCUT2D eigenvalue weighted by molar-refractivity contribution is 6.78. The van der Waals surface area contributed by atoms with E-state index >= 15 is 0 Å². The number of carbonyl (C=O) groups excluding carboxylic acids is 1. The molecule has 1 N–H and O–H groups in total. The molecule has 4 nitrogen and oxygen atoms in total. The lowest BCUT2D eigenvalue weighted by Gasteiger charge is -2.42. The van der Waals surface area contributed by atoms with Crippen LogP contribution in [0.3, 0.4) is 0 Å². The molecule has 0 aliphatic carbocycles. The van der Waals surface area contributed by atoms with Gasteiger partial charge in [-0.2, -0.15) is 0 Å². The van der Waals surface area contributed by atoms with Gasteiger partial charge in [-0.1, -0.05) is 53.7 Å². The summed E-state index contributed by atoms with van der Waals surface area (Å²) in [4.78, 5) is 11.6. The van der Waals surface area contributed by atoms with Gasteiger partial charge in [-0.05, 0) is 41.2 Å². The van der Waals surface area contributed by atoms with Crippen LogP contribution in [0.5, 0.6) is 5.75 Å². The first-order valence-electron chi connectivity index (χ1n) is 8.80.